The smallest absolute Gasteiger partial charge is 0.242 e. The SMILES string of the molecule is COc1cc(N2CCN(Cc3ccc(Cl)c(Cl)c3)C(=O)C2)ccc1-n1cnc(C)n1. The summed E-state index contributed by atoms with van der Waals surface area (Å²) in [6, 6.07) is 11.3. The number of methoxy groups -OCH3 is 1. The Hall–Kier alpha value is -2.77. The first-order valence-corrected chi connectivity index (χ1v) is 10.2. The van der Waals surface area contributed by atoms with Crippen LogP contribution < -0.4 is 9.64 Å². The summed E-state index contributed by atoms with van der Waals surface area (Å²) in [6.07, 6.45) is 1.65. The van der Waals surface area contributed by atoms with Crippen molar-refractivity contribution in [1.29, 1.82) is 0 Å². The number of carbonyl (C=O) groups excluding carboxylic acids is 1. The minimum absolute atomic E-state index is 0.0577. The summed E-state index contributed by atoms with van der Waals surface area (Å²) in [7, 11) is 1.62. The van der Waals surface area contributed by atoms with E-state index in [1.807, 2.05) is 41.0 Å². The minimum atomic E-state index is 0.0577. The van der Waals surface area contributed by atoms with Crippen molar-refractivity contribution in [2.24, 2.45) is 0 Å². The maximum absolute atomic E-state index is 12.8. The molecule has 1 amide bonds. The van der Waals surface area contributed by atoms with Gasteiger partial charge in [-0.25, -0.2) is 9.67 Å². The predicted molar refractivity (Wildman–Crippen MR) is 117 cm³/mol. The van der Waals surface area contributed by atoms with Crippen molar-refractivity contribution in [3.8, 4) is 11.4 Å². The third-order valence-electron chi connectivity index (χ3n) is 5.06. The average molecular weight is 446 g/mol. The van der Waals surface area contributed by atoms with Gasteiger partial charge < -0.3 is 14.5 Å². The Morgan fingerprint density at radius 3 is 2.60 bits per heavy atom. The molecule has 1 aliphatic rings. The van der Waals surface area contributed by atoms with Crippen LogP contribution in [0.2, 0.25) is 10.0 Å². The molecule has 3 aromatic rings. The highest BCUT2D eigenvalue weighted by molar-refractivity contribution is 6.42. The molecule has 2 heterocycles. The van der Waals surface area contributed by atoms with E-state index in [0.29, 0.717) is 41.3 Å². The summed E-state index contributed by atoms with van der Waals surface area (Å²) >= 11 is 12.1. The minimum Gasteiger partial charge on any atom is -0.494 e. The molecular formula is C21H21Cl2N5O2. The molecule has 9 heteroatoms. The van der Waals surface area contributed by atoms with Crippen LogP contribution in [0.25, 0.3) is 5.69 Å². The summed E-state index contributed by atoms with van der Waals surface area (Å²) < 4.78 is 7.23. The van der Waals surface area contributed by atoms with Crippen LogP contribution in [-0.2, 0) is 11.3 Å². The molecule has 156 valence electrons. The monoisotopic (exact) mass is 445 g/mol. The average Bonchev–Trinajstić information content (AvgIpc) is 3.17. The van der Waals surface area contributed by atoms with Gasteiger partial charge in [-0.15, -0.1) is 0 Å². The molecule has 4 rings (SSSR count). The van der Waals surface area contributed by atoms with E-state index in [2.05, 4.69) is 10.1 Å². The van der Waals surface area contributed by atoms with Gasteiger partial charge in [-0.1, -0.05) is 29.3 Å². The van der Waals surface area contributed by atoms with Crippen LogP contribution in [0.3, 0.4) is 0 Å². The Bertz CT molecular complexity index is 1090. The van der Waals surface area contributed by atoms with Crippen molar-refractivity contribution in [3.05, 3.63) is 64.2 Å². The maximum Gasteiger partial charge on any atom is 0.242 e. The standard InChI is InChI=1S/C21H21Cl2N5O2/c1-14-24-13-28(25-14)19-6-4-16(10-20(19)30-2)26-7-8-27(21(29)12-26)11-15-3-5-17(22)18(23)9-15/h3-6,9-10,13H,7-8,11-12H2,1-2H3. The Kier molecular flexibility index (Phi) is 5.83. The molecule has 1 saturated heterocycles. The molecule has 0 bridgehead atoms. The van der Waals surface area contributed by atoms with E-state index >= 15 is 0 Å². The van der Waals surface area contributed by atoms with Crippen LogP contribution in [0.5, 0.6) is 5.75 Å². The van der Waals surface area contributed by atoms with Gasteiger partial charge in [0.2, 0.25) is 5.91 Å². The van der Waals surface area contributed by atoms with Crippen LogP contribution in [0.15, 0.2) is 42.7 Å². The fourth-order valence-corrected chi connectivity index (χ4v) is 3.79. The molecule has 2 aromatic carbocycles. The fourth-order valence-electron chi connectivity index (χ4n) is 3.47. The number of carbonyl (C=O) groups is 1. The summed E-state index contributed by atoms with van der Waals surface area (Å²) in [5.41, 5.74) is 2.68. The highest BCUT2D eigenvalue weighted by atomic mass is 35.5. The number of benzene rings is 2. The number of hydrogen-bond donors (Lipinski definition) is 0. The van der Waals surface area contributed by atoms with Gasteiger partial charge in [-0.2, -0.15) is 5.10 Å². The molecule has 0 atom stereocenters. The van der Waals surface area contributed by atoms with E-state index in [-0.39, 0.29) is 5.91 Å². The fraction of sp³-hybridized carbons (Fsp3) is 0.286. The summed E-state index contributed by atoms with van der Waals surface area (Å²) in [6.45, 7) is 3.98. The highest BCUT2D eigenvalue weighted by Gasteiger charge is 2.25. The highest BCUT2D eigenvalue weighted by Crippen LogP contribution is 2.29. The van der Waals surface area contributed by atoms with E-state index in [4.69, 9.17) is 27.9 Å². The molecule has 7 nitrogen and oxygen atoms in total. The molecule has 0 radical (unpaired) electrons. The summed E-state index contributed by atoms with van der Waals surface area (Å²) in [5, 5.41) is 5.34. The first-order chi connectivity index (χ1) is 14.4. The van der Waals surface area contributed by atoms with E-state index in [9.17, 15) is 4.79 Å². The van der Waals surface area contributed by atoms with Gasteiger partial charge in [-0.3, -0.25) is 4.79 Å². The quantitative estimate of drug-likeness (QED) is 0.598. The number of aryl methyl sites for hydroxylation is 1. The van der Waals surface area contributed by atoms with Crippen molar-refractivity contribution in [2.75, 3.05) is 31.6 Å². The predicted octanol–water partition coefficient (Wildman–Crippen LogP) is 3.74. The molecular weight excluding hydrogens is 425 g/mol. The van der Waals surface area contributed by atoms with Crippen molar-refractivity contribution < 1.29 is 9.53 Å². The van der Waals surface area contributed by atoms with Crippen LogP contribution in [0.1, 0.15) is 11.4 Å². The molecule has 0 unspecified atom stereocenters. The Morgan fingerprint density at radius 1 is 1.10 bits per heavy atom. The zero-order valence-corrected chi connectivity index (χ0v) is 18.2. The second-order valence-corrected chi connectivity index (χ2v) is 7.89. The molecule has 0 spiro atoms. The van der Waals surface area contributed by atoms with Gasteiger partial charge in [-0.05, 0) is 36.8 Å². The first-order valence-electron chi connectivity index (χ1n) is 9.48. The van der Waals surface area contributed by atoms with Crippen molar-refractivity contribution in [3.63, 3.8) is 0 Å². The first kappa shape index (κ1) is 20.5. The van der Waals surface area contributed by atoms with Gasteiger partial charge in [0.05, 0.1) is 23.7 Å². The number of aromatic nitrogens is 3. The number of amides is 1. The molecule has 0 aliphatic carbocycles. The number of nitrogens with zero attached hydrogens (tertiary/aromatic N) is 5. The van der Waals surface area contributed by atoms with Crippen LogP contribution in [0.4, 0.5) is 5.69 Å². The van der Waals surface area contributed by atoms with Crippen LogP contribution in [0, 0.1) is 6.92 Å². The Labute approximate surface area is 184 Å². The second kappa shape index (κ2) is 8.53. The lowest BCUT2D eigenvalue weighted by Gasteiger charge is -2.36. The second-order valence-electron chi connectivity index (χ2n) is 7.08. The number of ether oxygens (including phenoxy) is 1. The van der Waals surface area contributed by atoms with Crippen molar-refractivity contribution in [1.82, 2.24) is 19.7 Å². The number of piperazine rings is 1. The number of anilines is 1. The molecule has 30 heavy (non-hydrogen) atoms. The van der Waals surface area contributed by atoms with Gasteiger partial charge >= 0.3 is 0 Å². The normalized spacial score (nSPS) is 14.3. The van der Waals surface area contributed by atoms with Gasteiger partial charge in [0.1, 0.15) is 23.6 Å². The van der Waals surface area contributed by atoms with Crippen molar-refractivity contribution in [2.45, 2.75) is 13.5 Å². The van der Waals surface area contributed by atoms with Gasteiger partial charge in [0.15, 0.2) is 0 Å². The summed E-state index contributed by atoms with van der Waals surface area (Å²) in [4.78, 5) is 20.8. The van der Waals surface area contributed by atoms with E-state index < -0.39 is 0 Å². The number of hydrogen-bond acceptors (Lipinski definition) is 5. The zero-order valence-electron chi connectivity index (χ0n) is 16.7. The van der Waals surface area contributed by atoms with E-state index in [0.717, 1.165) is 23.5 Å². The lowest BCUT2D eigenvalue weighted by atomic mass is 10.1. The molecule has 1 fully saturated rings. The van der Waals surface area contributed by atoms with Crippen molar-refractivity contribution >= 4 is 34.8 Å². The summed E-state index contributed by atoms with van der Waals surface area (Å²) in [5.74, 6) is 1.41. The third kappa shape index (κ3) is 4.22. The largest absolute Gasteiger partial charge is 0.494 e. The van der Waals surface area contributed by atoms with E-state index in [1.165, 1.54) is 0 Å². The Balaban J connectivity index is 1.47. The zero-order chi connectivity index (χ0) is 21.3. The Morgan fingerprint density at radius 2 is 1.93 bits per heavy atom. The topological polar surface area (TPSA) is 63.5 Å². The van der Waals surface area contributed by atoms with Gasteiger partial charge in [0.25, 0.3) is 0 Å². The number of halogens is 2. The van der Waals surface area contributed by atoms with E-state index in [1.54, 1.807) is 30.3 Å². The molecule has 0 N–H and O–H groups in total. The lowest BCUT2D eigenvalue weighted by molar-refractivity contribution is -0.131. The maximum atomic E-state index is 12.8. The van der Waals surface area contributed by atoms with Crippen LogP contribution >= 0.6 is 23.2 Å². The van der Waals surface area contributed by atoms with Crippen LogP contribution in [-0.4, -0.2) is 52.3 Å². The molecule has 0 saturated carbocycles. The number of rotatable bonds is 5. The molecule has 1 aromatic heterocycles. The third-order valence-corrected chi connectivity index (χ3v) is 5.80. The van der Waals surface area contributed by atoms with Gasteiger partial charge in [0, 0.05) is 31.4 Å². The lowest BCUT2D eigenvalue weighted by Crippen LogP contribution is -2.50. The molecule has 1 aliphatic heterocycles.